The number of amides is 1. The highest BCUT2D eigenvalue weighted by atomic mass is 32.1. The lowest BCUT2D eigenvalue weighted by atomic mass is 10.2. The molecule has 1 N–H and O–H groups in total. The van der Waals surface area contributed by atoms with Crippen molar-refractivity contribution in [1.82, 2.24) is 15.3 Å². The predicted molar refractivity (Wildman–Crippen MR) is 97.7 cm³/mol. The normalized spacial score (nSPS) is 11.0. The fourth-order valence-electron chi connectivity index (χ4n) is 2.65. The number of hydrogen-bond donors (Lipinski definition) is 1. The van der Waals surface area contributed by atoms with Gasteiger partial charge >= 0.3 is 0 Å². The molecule has 0 spiro atoms. The molecule has 0 unspecified atom stereocenters. The standard InChI is InChI=1S/C17H26N4OS/c1-6-9-10-18-16(22)14-11(4)13-15(21(7-2)8-3)19-12(5)20-17(13)23-14/h6-10H2,1-5H3,(H,18,22). The summed E-state index contributed by atoms with van der Waals surface area (Å²) in [6, 6.07) is 0. The van der Waals surface area contributed by atoms with E-state index in [4.69, 9.17) is 0 Å². The number of nitrogens with one attached hydrogen (secondary N) is 1. The van der Waals surface area contributed by atoms with Gasteiger partial charge in [-0.2, -0.15) is 0 Å². The number of unbranched alkanes of at least 4 members (excludes halogenated alkanes) is 1. The molecule has 2 rings (SSSR count). The van der Waals surface area contributed by atoms with Crippen molar-refractivity contribution in [3.63, 3.8) is 0 Å². The Bertz CT molecular complexity index is 691. The highest BCUT2D eigenvalue weighted by Gasteiger charge is 2.21. The highest BCUT2D eigenvalue weighted by Crippen LogP contribution is 2.35. The number of thiophene rings is 1. The van der Waals surface area contributed by atoms with E-state index in [9.17, 15) is 4.79 Å². The van der Waals surface area contributed by atoms with E-state index in [2.05, 4.69) is 41.0 Å². The number of aryl methyl sites for hydroxylation is 2. The van der Waals surface area contributed by atoms with E-state index in [1.165, 1.54) is 11.3 Å². The third kappa shape index (κ3) is 3.63. The van der Waals surface area contributed by atoms with Gasteiger partial charge in [0.1, 0.15) is 16.5 Å². The molecule has 0 saturated heterocycles. The van der Waals surface area contributed by atoms with Gasteiger partial charge in [0.05, 0.1) is 10.3 Å². The summed E-state index contributed by atoms with van der Waals surface area (Å²) < 4.78 is 0. The van der Waals surface area contributed by atoms with Gasteiger partial charge in [-0.25, -0.2) is 9.97 Å². The number of carbonyl (C=O) groups excluding carboxylic acids is 1. The zero-order chi connectivity index (χ0) is 17.0. The maximum absolute atomic E-state index is 12.5. The maximum atomic E-state index is 12.5. The molecule has 0 aliphatic heterocycles. The monoisotopic (exact) mass is 334 g/mol. The van der Waals surface area contributed by atoms with Gasteiger partial charge < -0.3 is 10.2 Å². The Labute approximate surface area is 142 Å². The van der Waals surface area contributed by atoms with Gasteiger partial charge in [0.25, 0.3) is 5.91 Å². The number of rotatable bonds is 7. The van der Waals surface area contributed by atoms with Crippen LogP contribution in [0.1, 0.15) is 54.7 Å². The molecule has 0 radical (unpaired) electrons. The molecular formula is C17H26N4OS. The molecule has 2 heterocycles. The van der Waals surface area contributed by atoms with E-state index in [1.807, 2.05) is 13.8 Å². The van der Waals surface area contributed by atoms with E-state index in [0.29, 0.717) is 0 Å². The number of hydrogen-bond acceptors (Lipinski definition) is 5. The van der Waals surface area contributed by atoms with Crippen molar-refractivity contribution in [2.75, 3.05) is 24.5 Å². The molecule has 126 valence electrons. The van der Waals surface area contributed by atoms with Crippen LogP contribution in [0.4, 0.5) is 5.82 Å². The van der Waals surface area contributed by atoms with Crippen LogP contribution in [0.15, 0.2) is 0 Å². The van der Waals surface area contributed by atoms with E-state index in [1.54, 1.807) is 0 Å². The summed E-state index contributed by atoms with van der Waals surface area (Å²) in [7, 11) is 0. The third-order valence-electron chi connectivity index (χ3n) is 3.97. The van der Waals surface area contributed by atoms with Crippen molar-refractivity contribution >= 4 is 33.3 Å². The number of nitrogens with zero attached hydrogens (tertiary/aromatic N) is 3. The Morgan fingerprint density at radius 2 is 1.87 bits per heavy atom. The van der Waals surface area contributed by atoms with Crippen molar-refractivity contribution in [2.45, 2.75) is 47.5 Å². The van der Waals surface area contributed by atoms with Crippen molar-refractivity contribution < 1.29 is 4.79 Å². The number of fused-ring (bicyclic) bond motifs is 1. The lowest BCUT2D eigenvalue weighted by molar-refractivity contribution is 0.0957. The zero-order valence-electron chi connectivity index (χ0n) is 14.7. The van der Waals surface area contributed by atoms with Gasteiger partial charge in [0, 0.05) is 19.6 Å². The first-order valence-electron chi connectivity index (χ1n) is 8.34. The lowest BCUT2D eigenvalue weighted by Crippen LogP contribution is -2.24. The van der Waals surface area contributed by atoms with Crippen molar-refractivity contribution in [1.29, 1.82) is 0 Å². The summed E-state index contributed by atoms with van der Waals surface area (Å²) in [6.45, 7) is 12.7. The second-order valence-corrected chi connectivity index (χ2v) is 6.61. The molecule has 0 aliphatic rings. The van der Waals surface area contributed by atoms with E-state index in [0.717, 1.165) is 64.8 Å². The van der Waals surface area contributed by atoms with Gasteiger partial charge in [-0.15, -0.1) is 11.3 Å². The van der Waals surface area contributed by atoms with Gasteiger partial charge in [-0.1, -0.05) is 13.3 Å². The molecule has 0 saturated carbocycles. The van der Waals surface area contributed by atoms with E-state index >= 15 is 0 Å². The number of anilines is 1. The first-order chi connectivity index (χ1) is 11.0. The van der Waals surface area contributed by atoms with Crippen molar-refractivity contribution in [2.24, 2.45) is 0 Å². The molecule has 2 aromatic heterocycles. The predicted octanol–water partition coefficient (Wildman–Crippen LogP) is 3.68. The average molecular weight is 334 g/mol. The van der Waals surface area contributed by atoms with Gasteiger partial charge in [-0.3, -0.25) is 4.79 Å². The molecule has 6 heteroatoms. The minimum absolute atomic E-state index is 0.00194. The Morgan fingerprint density at radius 3 is 2.48 bits per heavy atom. The molecular weight excluding hydrogens is 308 g/mol. The largest absolute Gasteiger partial charge is 0.357 e. The van der Waals surface area contributed by atoms with Crippen LogP contribution >= 0.6 is 11.3 Å². The number of aromatic nitrogens is 2. The van der Waals surface area contributed by atoms with Gasteiger partial charge in [-0.05, 0) is 39.7 Å². The molecule has 5 nitrogen and oxygen atoms in total. The van der Waals surface area contributed by atoms with E-state index < -0.39 is 0 Å². The highest BCUT2D eigenvalue weighted by molar-refractivity contribution is 7.20. The summed E-state index contributed by atoms with van der Waals surface area (Å²) in [5, 5.41) is 4.02. The second-order valence-electron chi connectivity index (χ2n) is 5.61. The summed E-state index contributed by atoms with van der Waals surface area (Å²) in [5.74, 6) is 1.69. The van der Waals surface area contributed by atoms with Gasteiger partial charge in [0.15, 0.2) is 0 Å². The van der Waals surface area contributed by atoms with Crippen molar-refractivity contribution in [3.05, 3.63) is 16.3 Å². The van der Waals surface area contributed by atoms with Crippen LogP contribution < -0.4 is 10.2 Å². The molecule has 2 aromatic rings. The lowest BCUT2D eigenvalue weighted by Gasteiger charge is -2.21. The molecule has 0 fully saturated rings. The van der Waals surface area contributed by atoms with Gasteiger partial charge in [0.2, 0.25) is 0 Å². The Morgan fingerprint density at radius 1 is 1.17 bits per heavy atom. The first kappa shape index (κ1) is 17.7. The quantitative estimate of drug-likeness (QED) is 0.785. The van der Waals surface area contributed by atoms with Crippen LogP contribution in [-0.4, -0.2) is 35.5 Å². The Balaban J connectivity index is 2.48. The van der Waals surface area contributed by atoms with Crippen LogP contribution in [0.25, 0.3) is 10.2 Å². The molecule has 0 aliphatic carbocycles. The molecule has 0 atom stereocenters. The van der Waals surface area contributed by atoms with Crippen molar-refractivity contribution in [3.8, 4) is 0 Å². The summed E-state index contributed by atoms with van der Waals surface area (Å²) >= 11 is 1.47. The summed E-state index contributed by atoms with van der Waals surface area (Å²) in [6.07, 6.45) is 2.07. The smallest absolute Gasteiger partial charge is 0.261 e. The van der Waals surface area contributed by atoms with Crippen LogP contribution in [0.5, 0.6) is 0 Å². The minimum atomic E-state index is 0.00194. The molecule has 0 bridgehead atoms. The maximum Gasteiger partial charge on any atom is 0.261 e. The zero-order valence-corrected chi connectivity index (χ0v) is 15.5. The molecule has 23 heavy (non-hydrogen) atoms. The van der Waals surface area contributed by atoms with E-state index in [-0.39, 0.29) is 5.91 Å². The van der Waals surface area contributed by atoms with Crippen LogP contribution in [0, 0.1) is 13.8 Å². The fourth-order valence-corrected chi connectivity index (χ4v) is 3.79. The SMILES string of the molecule is CCCCNC(=O)c1sc2nc(C)nc(N(CC)CC)c2c1C. The topological polar surface area (TPSA) is 58.1 Å². The Kier molecular flexibility index (Phi) is 5.93. The van der Waals surface area contributed by atoms with Crippen LogP contribution in [-0.2, 0) is 0 Å². The third-order valence-corrected chi connectivity index (χ3v) is 5.15. The van der Waals surface area contributed by atoms with Crippen LogP contribution in [0.3, 0.4) is 0 Å². The minimum Gasteiger partial charge on any atom is -0.357 e. The average Bonchev–Trinajstić information content (AvgIpc) is 2.85. The summed E-state index contributed by atoms with van der Waals surface area (Å²) in [4.78, 5) is 25.5. The molecule has 0 aromatic carbocycles. The first-order valence-corrected chi connectivity index (χ1v) is 9.15. The number of carbonyl (C=O) groups is 1. The second kappa shape index (κ2) is 7.73. The summed E-state index contributed by atoms with van der Waals surface area (Å²) in [5.41, 5.74) is 0.987. The van der Waals surface area contributed by atoms with Crippen LogP contribution in [0.2, 0.25) is 0 Å². The molecule has 1 amide bonds. The fraction of sp³-hybridized carbons (Fsp3) is 0.588. The Hall–Kier alpha value is -1.69.